The summed E-state index contributed by atoms with van der Waals surface area (Å²) in [5.41, 5.74) is 3.71. The molecule has 0 unspecified atom stereocenters. The molecule has 3 aromatic rings. The van der Waals surface area contributed by atoms with Gasteiger partial charge >= 0.3 is 0 Å². The van der Waals surface area contributed by atoms with E-state index in [9.17, 15) is 4.39 Å². The largest absolute Gasteiger partial charge is 0.206 e. The Bertz CT molecular complexity index is 1290. The van der Waals surface area contributed by atoms with Crippen molar-refractivity contribution in [3.63, 3.8) is 0 Å². The number of unbranched alkanes of at least 4 members (excludes halogenated alkanes) is 4. The summed E-state index contributed by atoms with van der Waals surface area (Å²) >= 11 is 0. The Morgan fingerprint density at radius 3 is 1.81 bits per heavy atom. The number of hydrogen-bond acceptors (Lipinski definition) is 0. The summed E-state index contributed by atoms with van der Waals surface area (Å²) in [6, 6.07) is 16.3. The number of benzene rings is 3. The molecule has 2 aliphatic rings. The molecule has 0 nitrogen and oxygen atoms in total. The number of halogens is 3. The highest BCUT2D eigenvalue weighted by atomic mass is 19.2. The van der Waals surface area contributed by atoms with Crippen LogP contribution in [-0.2, 0) is 6.42 Å². The van der Waals surface area contributed by atoms with Gasteiger partial charge in [0.15, 0.2) is 11.6 Å². The highest BCUT2D eigenvalue weighted by Crippen LogP contribution is 2.45. The summed E-state index contributed by atoms with van der Waals surface area (Å²) < 4.78 is 45.3. The van der Waals surface area contributed by atoms with Crippen LogP contribution in [0.15, 0.2) is 54.6 Å². The van der Waals surface area contributed by atoms with E-state index in [-0.39, 0.29) is 11.4 Å². The molecule has 0 N–H and O–H groups in total. The number of rotatable bonds is 12. The van der Waals surface area contributed by atoms with Crippen LogP contribution in [0.2, 0.25) is 0 Å². The Kier molecular flexibility index (Phi) is 11.4. The highest BCUT2D eigenvalue weighted by Gasteiger charge is 2.31. The number of aryl methyl sites for hydroxylation is 1. The second kappa shape index (κ2) is 15.4. The van der Waals surface area contributed by atoms with Gasteiger partial charge in [-0.15, -0.1) is 0 Å². The molecular formula is C40H51F3. The first-order valence-electron chi connectivity index (χ1n) is 17.4. The van der Waals surface area contributed by atoms with Crippen LogP contribution in [0.4, 0.5) is 13.2 Å². The molecule has 43 heavy (non-hydrogen) atoms. The summed E-state index contributed by atoms with van der Waals surface area (Å²) in [6.07, 6.45) is 19.2. The molecular weight excluding hydrogens is 537 g/mol. The van der Waals surface area contributed by atoms with Crippen molar-refractivity contribution < 1.29 is 13.2 Å². The number of hydrogen-bond donors (Lipinski definition) is 0. The van der Waals surface area contributed by atoms with E-state index in [4.69, 9.17) is 0 Å². The van der Waals surface area contributed by atoms with Crippen molar-refractivity contribution in [3.05, 3.63) is 83.2 Å². The van der Waals surface area contributed by atoms with Crippen LogP contribution in [0.5, 0.6) is 0 Å². The van der Waals surface area contributed by atoms with Crippen molar-refractivity contribution in [3.8, 4) is 22.3 Å². The fraction of sp³-hybridized carbons (Fsp3) is 0.550. The summed E-state index contributed by atoms with van der Waals surface area (Å²) in [6.45, 7) is 4.47. The van der Waals surface area contributed by atoms with Crippen LogP contribution in [0.3, 0.4) is 0 Å². The van der Waals surface area contributed by atoms with Crippen LogP contribution >= 0.6 is 0 Å². The van der Waals surface area contributed by atoms with E-state index in [0.717, 1.165) is 67.4 Å². The lowest BCUT2D eigenvalue weighted by molar-refractivity contribution is 0.156. The van der Waals surface area contributed by atoms with Crippen LogP contribution in [0.1, 0.15) is 127 Å². The quantitative estimate of drug-likeness (QED) is 0.185. The maximum absolute atomic E-state index is 15.4. The smallest absolute Gasteiger partial charge is 0.166 e. The molecule has 2 fully saturated rings. The maximum atomic E-state index is 15.4. The molecule has 0 spiro atoms. The van der Waals surface area contributed by atoms with E-state index < -0.39 is 11.6 Å². The van der Waals surface area contributed by atoms with Gasteiger partial charge in [0.2, 0.25) is 0 Å². The lowest BCUT2D eigenvalue weighted by Crippen LogP contribution is -2.25. The second-order valence-electron chi connectivity index (χ2n) is 13.6. The van der Waals surface area contributed by atoms with E-state index in [1.807, 2.05) is 18.2 Å². The van der Waals surface area contributed by atoms with Gasteiger partial charge in [-0.2, -0.15) is 0 Å². The minimum absolute atomic E-state index is 0.206. The normalized spacial score (nSPS) is 22.5. The van der Waals surface area contributed by atoms with Gasteiger partial charge in [-0.25, -0.2) is 13.2 Å². The molecule has 0 bridgehead atoms. The molecule has 0 radical (unpaired) electrons. The van der Waals surface area contributed by atoms with E-state index in [1.165, 1.54) is 57.8 Å². The predicted octanol–water partition coefficient (Wildman–Crippen LogP) is 12.8. The molecule has 0 amide bonds. The minimum Gasteiger partial charge on any atom is -0.206 e. The molecule has 0 heterocycles. The zero-order valence-corrected chi connectivity index (χ0v) is 26.5. The monoisotopic (exact) mass is 588 g/mol. The van der Waals surface area contributed by atoms with Gasteiger partial charge in [0.1, 0.15) is 5.82 Å². The third-order valence-corrected chi connectivity index (χ3v) is 10.7. The van der Waals surface area contributed by atoms with Crippen molar-refractivity contribution in [2.24, 2.45) is 17.8 Å². The van der Waals surface area contributed by atoms with Crippen LogP contribution in [0, 0.1) is 35.2 Å². The van der Waals surface area contributed by atoms with Gasteiger partial charge in [-0.05, 0) is 103 Å². The van der Waals surface area contributed by atoms with Crippen molar-refractivity contribution in [1.29, 1.82) is 0 Å². The zero-order valence-electron chi connectivity index (χ0n) is 26.5. The summed E-state index contributed by atoms with van der Waals surface area (Å²) in [4.78, 5) is 0. The first-order valence-corrected chi connectivity index (χ1v) is 17.4. The lowest BCUT2D eigenvalue weighted by Gasteiger charge is -2.38. The van der Waals surface area contributed by atoms with Crippen molar-refractivity contribution in [1.82, 2.24) is 0 Å². The molecule has 3 aromatic carbocycles. The van der Waals surface area contributed by atoms with Crippen molar-refractivity contribution in [2.45, 2.75) is 122 Å². The molecule has 2 aliphatic carbocycles. The van der Waals surface area contributed by atoms with Crippen LogP contribution in [-0.4, -0.2) is 0 Å². The van der Waals surface area contributed by atoms with Crippen LogP contribution in [0.25, 0.3) is 22.3 Å². The third kappa shape index (κ3) is 7.95. The van der Waals surface area contributed by atoms with Crippen LogP contribution < -0.4 is 0 Å². The SMILES string of the molecule is CCCCCCCc1ccc(-c2ccc(-c3ccc(C4CCC(C5CCC(CCC)CC5)CC4)cc3F)cc2)c(F)c1F. The van der Waals surface area contributed by atoms with E-state index >= 15 is 8.78 Å². The van der Waals surface area contributed by atoms with E-state index in [2.05, 4.69) is 19.9 Å². The predicted molar refractivity (Wildman–Crippen MR) is 175 cm³/mol. The first kappa shape index (κ1) is 31.9. The molecule has 0 aliphatic heterocycles. The Labute approximate surface area is 258 Å². The summed E-state index contributed by atoms with van der Waals surface area (Å²) in [5.74, 6) is 1.41. The van der Waals surface area contributed by atoms with Gasteiger partial charge in [0.25, 0.3) is 0 Å². The Morgan fingerprint density at radius 2 is 1.19 bits per heavy atom. The standard InChI is InChI=1S/C40H51F3/c1-3-5-6-7-8-10-34-23-26-37(40(43)39(34)42)33-21-19-32(20-22-33)36-25-24-35(27-38(36)41)31-17-15-30(16-18-31)29-13-11-28(9-4-2)12-14-29/h19-31H,3-18H2,1-2H3. The van der Waals surface area contributed by atoms with Gasteiger partial charge < -0.3 is 0 Å². The molecule has 232 valence electrons. The molecule has 5 rings (SSSR count). The minimum atomic E-state index is -0.798. The second-order valence-corrected chi connectivity index (χ2v) is 13.6. The first-order chi connectivity index (χ1) is 21.0. The molecule has 0 saturated heterocycles. The third-order valence-electron chi connectivity index (χ3n) is 10.7. The summed E-state index contributed by atoms with van der Waals surface area (Å²) in [7, 11) is 0. The zero-order chi connectivity index (χ0) is 30.2. The average molecular weight is 589 g/mol. The Balaban J connectivity index is 1.18. The Morgan fingerprint density at radius 1 is 0.581 bits per heavy atom. The van der Waals surface area contributed by atoms with Crippen molar-refractivity contribution in [2.75, 3.05) is 0 Å². The average Bonchev–Trinajstić information content (AvgIpc) is 3.04. The van der Waals surface area contributed by atoms with Gasteiger partial charge in [0.05, 0.1) is 0 Å². The van der Waals surface area contributed by atoms with E-state index in [1.54, 1.807) is 30.3 Å². The molecule has 0 aromatic heterocycles. The van der Waals surface area contributed by atoms with Gasteiger partial charge in [-0.1, -0.05) is 114 Å². The van der Waals surface area contributed by atoms with Gasteiger partial charge in [-0.3, -0.25) is 0 Å². The summed E-state index contributed by atoms with van der Waals surface area (Å²) in [5, 5.41) is 0. The molecule has 3 heteroatoms. The van der Waals surface area contributed by atoms with E-state index in [0.29, 0.717) is 29.0 Å². The lowest BCUT2D eigenvalue weighted by atomic mass is 9.68. The molecule has 2 saturated carbocycles. The topological polar surface area (TPSA) is 0 Å². The van der Waals surface area contributed by atoms with Gasteiger partial charge in [0, 0.05) is 11.1 Å². The highest BCUT2D eigenvalue weighted by molar-refractivity contribution is 5.71. The fourth-order valence-electron chi connectivity index (χ4n) is 8.05. The Hall–Kier alpha value is -2.55. The fourth-order valence-corrected chi connectivity index (χ4v) is 8.05. The maximum Gasteiger partial charge on any atom is 0.166 e. The molecule has 0 atom stereocenters. The van der Waals surface area contributed by atoms with Crippen molar-refractivity contribution >= 4 is 0 Å².